The van der Waals surface area contributed by atoms with E-state index in [0.717, 1.165) is 33.2 Å². The number of carbonyl (C=O) groups is 1. The van der Waals surface area contributed by atoms with Gasteiger partial charge >= 0.3 is 0 Å². The maximum Gasteiger partial charge on any atom is 0.234 e. The fourth-order valence-electron chi connectivity index (χ4n) is 2.99. The summed E-state index contributed by atoms with van der Waals surface area (Å²) in [6.07, 6.45) is 3.61. The highest BCUT2D eigenvalue weighted by molar-refractivity contribution is 7.99. The molecule has 0 bridgehead atoms. The van der Waals surface area contributed by atoms with E-state index in [1.165, 1.54) is 11.8 Å². The second kappa shape index (κ2) is 8.79. The van der Waals surface area contributed by atoms with E-state index in [1.807, 2.05) is 66.9 Å². The number of hydrogen-bond acceptors (Lipinski definition) is 5. The molecule has 0 radical (unpaired) electrons. The van der Waals surface area contributed by atoms with E-state index in [9.17, 15) is 4.79 Å². The molecule has 7 heteroatoms. The molecule has 0 unspecified atom stereocenters. The Balaban J connectivity index is 1.49. The number of nitrogens with zero attached hydrogens (tertiary/aromatic N) is 3. The lowest BCUT2D eigenvalue weighted by molar-refractivity contribution is -0.113. The zero-order valence-electron chi connectivity index (χ0n) is 15.9. The fourth-order valence-corrected chi connectivity index (χ4v) is 3.81. The maximum absolute atomic E-state index is 12.4. The highest BCUT2D eigenvalue weighted by atomic mass is 32.2. The molecule has 146 valence electrons. The third-order valence-electron chi connectivity index (χ3n) is 4.39. The lowest BCUT2D eigenvalue weighted by Gasteiger charge is -2.09. The van der Waals surface area contributed by atoms with Gasteiger partial charge in [-0.25, -0.2) is 4.98 Å². The van der Waals surface area contributed by atoms with Gasteiger partial charge in [-0.3, -0.25) is 9.78 Å². The van der Waals surface area contributed by atoms with Crippen molar-refractivity contribution in [2.75, 3.05) is 18.2 Å². The second-order valence-corrected chi connectivity index (χ2v) is 7.34. The van der Waals surface area contributed by atoms with Crippen LogP contribution in [-0.2, 0) is 11.3 Å². The van der Waals surface area contributed by atoms with Crippen LogP contribution in [0.5, 0.6) is 5.75 Å². The number of imidazole rings is 1. The number of ether oxygens (including phenoxy) is 1. The number of pyridine rings is 1. The van der Waals surface area contributed by atoms with Crippen LogP contribution in [0.1, 0.15) is 5.56 Å². The normalized spacial score (nSPS) is 10.8. The molecule has 0 atom stereocenters. The zero-order valence-corrected chi connectivity index (χ0v) is 16.7. The number of benzene rings is 2. The number of rotatable bonds is 7. The summed E-state index contributed by atoms with van der Waals surface area (Å²) in [5, 5.41) is 3.71. The Bertz CT molecular complexity index is 1110. The van der Waals surface area contributed by atoms with Crippen LogP contribution in [0, 0.1) is 0 Å². The lowest BCUT2D eigenvalue weighted by Crippen LogP contribution is -2.14. The quantitative estimate of drug-likeness (QED) is 0.467. The van der Waals surface area contributed by atoms with Crippen molar-refractivity contribution in [2.45, 2.75) is 11.7 Å². The van der Waals surface area contributed by atoms with E-state index in [0.29, 0.717) is 6.54 Å². The maximum atomic E-state index is 12.4. The number of hydrogen-bond donors (Lipinski definition) is 1. The molecule has 0 saturated carbocycles. The van der Waals surface area contributed by atoms with Crippen LogP contribution in [0.2, 0.25) is 0 Å². The molecule has 0 saturated heterocycles. The van der Waals surface area contributed by atoms with Crippen LogP contribution < -0.4 is 10.1 Å². The van der Waals surface area contributed by atoms with Gasteiger partial charge in [0.05, 0.1) is 30.4 Å². The Morgan fingerprint density at radius 3 is 2.69 bits per heavy atom. The molecule has 0 aliphatic carbocycles. The van der Waals surface area contributed by atoms with Crippen molar-refractivity contribution in [1.29, 1.82) is 0 Å². The molecule has 0 fully saturated rings. The SMILES string of the molecule is COc1ccc(NC(=O)CSc2nc3ccccc3n2Cc2cccnc2)cc1. The summed E-state index contributed by atoms with van der Waals surface area (Å²) >= 11 is 1.42. The number of nitrogens with one attached hydrogen (secondary N) is 1. The number of para-hydroxylation sites is 2. The predicted octanol–water partition coefficient (Wildman–Crippen LogP) is 4.22. The summed E-state index contributed by atoms with van der Waals surface area (Å²) < 4.78 is 7.26. The van der Waals surface area contributed by atoms with Gasteiger partial charge < -0.3 is 14.6 Å². The molecule has 1 N–H and O–H groups in total. The molecule has 4 aromatic rings. The summed E-state index contributed by atoms with van der Waals surface area (Å²) in [5.41, 5.74) is 3.77. The van der Waals surface area contributed by atoms with Gasteiger partial charge in [-0.1, -0.05) is 30.0 Å². The summed E-state index contributed by atoms with van der Waals surface area (Å²) in [5.74, 6) is 0.934. The zero-order chi connectivity index (χ0) is 20.1. The summed E-state index contributed by atoms with van der Waals surface area (Å²) in [4.78, 5) is 21.3. The average Bonchev–Trinajstić information content (AvgIpc) is 3.11. The van der Waals surface area contributed by atoms with Gasteiger partial charge in [0.2, 0.25) is 5.91 Å². The van der Waals surface area contributed by atoms with Gasteiger partial charge in [0.1, 0.15) is 5.75 Å². The Morgan fingerprint density at radius 2 is 1.93 bits per heavy atom. The van der Waals surface area contributed by atoms with Crippen molar-refractivity contribution in [1.82, 2.24) is 14.5 Å². The van der Waals surface area contributed by atoms with Gasteiger partial charge in [-0.2, -0.15) is 0 Å². The van der Waals surface area contributed by atoms with Crippen LogP contribution in [-0.4, -0.2) is 33.3 Å². The van der Waals surface area contributed by atoms with Crippen molar-refractivity contribution in [2.24, 2.45) is 0 Å². The molecular formula is C22H20N4O2S. The van der Waals surface area contributed by atoms with E-state index < -0.39 is 0 Å². The standard InChI is InChI=1S/C22H20N4O2S/c1-28-18-10-8-17(9-11-18)24-21(27)15-29-22-25-19-6-2-3-7-20(19)26(22)14-16-5-4-12-23-13-16/h2-13H,14-15H2,1H3,(H,24,27). The highest BCUT2D eigenvalue weighted by Gasteiger charge is 2.13. The Labute approximate surface area is 172 Å². The fraction of sp³-hybridized carbons (Fsp3) is 0.136. The van der Waals surface area contributed by atoms with Crippen LogP contribution in [0.15, 0.2) is 78.2 Å². The molecule has 0 spiro atoms. The third-order valence-corrected chi connectivity index (χ3v) is 5.37. The molecule has 2 aromatic carbocycles. The second-order valence-electron chi connectivity index (χ2n) is 6.40. The Kier molecular flexibility index (Phi) is 5.76. The number of anilines is 1. The summed E-state index contributed by atoms with van der Waals surface area (Å²) in [7, 11) is 1.61. The first-order valence-corrected chi connectivity index (χ1v) is 10.1. The molecule has 1 amide bonds. The third kappa shape index (κ3) is 4.57. The van der Waals surface area contributed by atoms with E-state index in [-0.39, 0.29) is 11.7 Å². The molecule has 2 aromatic heterocycles. The van der Waals surface area contributed by atoms with E-state index >= 15 is 0 Å². The molecule has 0 aliphatic rings. The van der Waals surface area contributed by atoms with E-state index in [4.69, 9.17) is 9.72 Å². The number of fused-ring (bicyclic) bond motifs is 1. The van der Waals surface area contributed by atoms with Crippen LogP contribution in [0.3, 0.4) is 0 Å². The van der Waals surface area contributed by atoms with Crippen molar-refractivity contribution < 1.29 is 9.53 Å². The smallest absolute Gasteiger partial charge is 0.234 e. The Hall–Kier alpha value is -3.32. The number of aromatic nitrogens is 3. The molecular weight excluding hydrogens is 384 g/mol. The van der Waals surface area contributed by atoms with E-state index in [1.54, 1.807) is 13.3 Å². The number of carbonyl (C=O) groups excluding carboxylic acids is 1. The van der Waals surface area contributed by atoms with Gasteiger partial charge in [-0.05, 0) is 48.0 Å². The summed E-state index contributed by atoms with van der Waals surface area (Å²) in [6.45, 7) is 0.650. The van der Waals surface area contributed by atoms with E-state index in [2.05, 4.69) is 14.9 Å². The molecule has 0 aliphatic heterocycles. The first-order chi connectivity index (χ1) is 14.2. The average molecular weight is 404 g/mol. The molecule has 6 nitrogen and oxygen atoms in total. The summed E-state index contributed by atoms with van der Waals surface area (Å²) in [6, 6.07) is 19.2. The minimum atomic E-state index is -0.0832. The number of thioether (sulfide) groups is 1. The molecule has 2 heterocycles. The minimum absolute atomic E-state index is 0.0832. The monoisotopic (exact) mass is 404 g/mol. The van der Waals surface area contributed by atoms with Crippen LogP contribution in [0.25, 0.3) is 11.0 Å². The van der Waals surface area contributed by atoms with Crippen molar-refractivity contribution in [3.05, 3.63) is 78.6 Å². The molecule has 4 rings (SSSR count). The van der Waals surface area contributed by atoms with Crippen LogP contribution >= 0.6 is 11.8 Å². The van der Waals surface area contributed by atoms with Crippen molar-refractivity contribution in [3.8, 4) is 5.75 Å². The first kappa shape index (κ1) is 19.0. The van der Waals surface area contributed by atoms with Crippen molar-refractivity contribution >= 4 is 34.4 Å². The van der Waals surface area contributed by atoms with Gasteiger partial charge in [0.25, 0.3) is 0 Å². The topological polar surface area (TPSA) is 69.0 Å². The highest BCUT2D eigenvalue weighted by Crippen LogP contribution is 2.25. The van der Waals surface area contributed by atoms with Crippen LogP contribution in [0.4, 0.5) is 5.69 Å². The van der Waals surface area contributed by atoms with Gasteiger partial charge in [0.15, 0.2) is 5.16 Å². The van der Waals surface area contributed by atoms with Crippen molar-refractivity contribution in [3.63, 3.8) is 0 Å². The lowest BCUT2D eigenvalue weighted by atomic mass is 10.2. The van der Waals surface area contributed by atoms with Gasteiger partial charge in [-0.15, -0.1) is 0 Å². The Morgan fingerprint density at radius 1 is 1.10 bits per heavy atom. The first-order valence-electron chi connectivity index (χ1n) is 9.14. The molecule has 29 heavy (non-hydrogen) atoms. The number of amides is 1. The van der Waals surface area contributed by atoms with Gasteiger partial charge in [0, 0.05) is 18.1 Å². The number of methoxy groups -OCH3 is 1. The largest absolute Gasteiger partial charge is 0.497 e. The minimum Gasteiger partial charge on any atom is -0.497 e. The predicted molar refractivity (Wildman–Crippen MR) is 115 cm³/mol.